The maximum absolute atomic E-state index is 11.9. The average Bonchev–Trinajstić information content (AvgIpc) is 2.34. The van der Waals surface area contributed by atoms with Crippen LogP contribution in [0.3, 0.4) is 0 Å². The van der Waals surface area contributed by atoms with Crippen molar-refractivity contribution in [3.8, 4) is 0 Å². The van der Waals surface area contributed by atoms with E-state index in [0.29, 0.717) is 11.7 Å². The first kappa shape index (κ1) is 13.1. The summed E-state index contributed by atoms with van der Waals surface area (Å²) in [7, 11) is 0. The van der Waals surface area contributed by atoms with E-state index in [9.17, 15) is 4.79 Å². The lowest BCUT2D eigenvalue weighted by Crippen LogP contribution is -2.41. The van der Waals surface area contributed by atoms with Gasteiger partial charge in [-0.15, -0.1) is 0 Å². The fourth-order valence-electron chi connectivity index (χ4n) is 3.47. The molecule has 0 bridgehead atoms. The summed E-state index contributed by atoms with van der Waals surface area (Å²) in [6, 6.07) is 0. The first-order chi connectivity index (χ1) is 8.19. The van der Waals surface area contributed by atoms with Crippen LogP contribution in [-0.4, -0.2) is 30.3 Å². The van der Waals surface area contributed by atoms with Gasteiger partial charge in [-0.3, -0.25) is 4.79 Å². The highest BCUT2D eigenvalue weighted by Crippen LogP contribution is 2.28. The number of rotatable bonds is 3. The van der Waals surface area contributed by atoms with Gasteiger partial charge in [0.2, 0.25) is 0 Å². The van der Waals surface area contributed by atoms with Crippen LogP contribution < -0.4 is 0 Å². The molecule has 0 aromatic carbocycles. The molecule has 0 aromatic heterocycles. The number of likely N-dealkylation sites (tertiary alicyclic amines) is 1. The van der Waals surface area contributed by atoms with Gasteiger partial charge in [0, 0.05) is 25.4 Å². The molecule has 1 saturated carbocycles. The Bertz CT molecular complexity index is 264. The van der Waals surface area contributed by atoms with Gasteiger partial charge in [0.1, 0.15) is 5.78 Å². The Morgan fingerprint density at radius 2 is 2.18 bits per heavy atom. The van der Waals surface area contributed by atoms with Crippen LogP contribution in [0.25, 0.3) is 0 Å². The Kier molecular flexibility index (Phi) is 4.61. The molecule has 0 radical (unpaired) electrons. The van der Waals surface area contributed by atoms with Crippen LogP contribution in [0.2, 0.25) is 0 Å². The van der Waals surface area contributed by atoms with E-state index in [1.807, 2.05) is 0 Å². The van der Waals surface area contributed by atoms with Crippen molar-refractivity contribution in [3.63, 3.8) is 0 Å². The summed E-state index contributed by atoms with van der Waals surface area (Å²) in [6.45, 7) is 8.08. The van der Waals surface area contributed by atoms with Gasteiger partial charge < -0.3 is 4.90 Å². The van der Waals surface area contributed by atoms with Gasteiger partial charge in [-0.2, -0.15) is 0 Å². The Balaban J connectivity index is 1.84. The molecule has 1 heterocycles. The molecule has 98 valence electrons. The number of hydrogen-bond acceptors (Lipinski definition) is 2. The molecule has 2 nitrogen and oxygen atoms in total. The second-order valence-electron chi connectivity index (χ2n) is 6.22. The van der Waals surface area contributed by atoms with Gasteiger partial charge in [-0.25, -0.2) is 0 Å². The molecular formula is C15H27NO. The molecule has 2 aliphatic rings. The smallest absolute Gasteiger partial charge is 0.137 e. The SMILES string of the molecule is CCC1CCCN(CC2CC(C)CCC2=O)C1. The molecule has 2 heteroatoms. The number of Topliss-reactive ketones (excluding diaryl/α,β-unsaturated/α-hetero) is 1. The van der Waals surface area contributed by atoms with Crippen molar-refractivity contribution in [1.82, 2.24) is 4.90 Å². The van der Waals surface area contributed by atoms with Gasteiger partial charge >= 0.3 is 0 Å². The standard InChI is InChI=1S/C15H27NO/c1-3-13-5-4-8-16(10-13)11-14-9-12(2)6-7-15(14)17/h12-14H,3-11H2,1-2H3. The van der Waals surface area contributed by atoms with E-state index < -0.39 is 0 Å². The lowest BCUT2D eigenvalue weighted by molar-refractivity contribution is -0.126. The third kappa shape index (κ3) is 3.54. The highest BCUT2D eigenvalue weighted by molar-refractivity contribution is 5.81. The van der Waals surface area contributed by atoms with E-state index in [4.69, 9.17) is 0 Å². The van der Waals surface area contributed by atoms with Crippen molar-refractivity contribution in [2.45, 2.75) is 52.4 Å². The number of ketones is 1. The van der Waals surface area contributed by atoms with Crippen molar-refractivity contribution >= 4 is 5.78 Å². The van der Waals surface area contributed by atoms with Crippen molar-refractivity contribution in [3.05, 3.63) is 0 Å². The predicted octanol–water partition coefficient (Wildman–Crippen LogP) is 3.11. The van der Waals surface area contributed by atoms with Gasteiger partial charge in [0.15, 0.2) is 0 Å². The Morgan fingerprint density at radius 1 is 1.35 bits per heavy atom. The molecule has 1 aliphatic carbocycles. The largest absolute Gasteiger partial charge is 0.302 e. The Morgan fingerprint density at radius 3 is 2.94 bits per heavy atom. The molecule has 1 saturated heterocycles. The van der Waals surface area contributed by atoms with E-state index in [1.54, 1.807) is 0 Å². The highest BCUT2D eigenvalue weighted by atomic mass is 16.1. The minimum absolute atomic E-state index is 0.342. The second kappa shape index (κ2) is 5.99. The number of hydrogen-bond donors (Lipinski definition) is 0. The van der Waals surface area contributed by atoms with E-state index in [2.05, 4.69) is 18.7 Å². The van der Waals surface area contributed by atoms with E-state index in [1.165, 1.54) is 32.4 Å². The van der Waals surface area contributed by atoms with Crippen molar-refractivity contribution in [1.29, 1.82) is 0 Å². The number of carbonyl (C=O) groups is 1. The van der Waals surface area contributed by atoms with Crippen LogP contribution in [0.5, 0.6) is 0 Å². The Labute approximate surface area is 106 Å². The molecule has 3 unspecified atom stereocenters. The van der Waals surface area contributed by atoms with Gasteiger partial charge in [-0.05, 0) is 44.1 Å². The highest BCUT2D eigenvalue weighted by Gasteiger charge is 2.29. The van der Waals surface area contributed by atoms with Crippen molar-refractivity contribution in [2.24, 2.45) is 17.8 Å². The lowest BCUT2D eigenvalue weighted by Gasteiger charge is -2.36. The third-order valence-electron chi connectivity index (χ3n) is 4.68. The maximum Gasteiger partial charge on any atom is 0.137 e. The molecule has 2 fully saturated rings. The molecule has 3 atom stereocenters. The minimum Gasteiger partial charge on any atom is -0.302 e. The van der Waals surface area contributed by atoms with Crippen LogP contribution >= 0.6 is 0 Å². The van der Waals surface area contributed by atoms with E-state index in [0.717, 1.165) is 37.6 Å². The quantitative estimate of drug-likeness (QED) is 0.751. The zero-order valence-corrected chi connectivity index (χ0v) is 11.5. The summed E-state index contributed by atoms with van der Waals surface area (Å²) in [5.41, 5.74) is 0. The van der Waals surface area contributed by atoms with E-state index in [-0.39, 0.29) is 0 Å². The Hall–Kier alpha value is -0.370. The number of piperidine rings is 1. The molecule has 0 N–H and O–H groups in total. The minimum atomic E-state index is 0.342. The summed E-state index contributed by atoms with van der Waals surface area (Å²) in [5, 5.41) is 0. The fourth-order valence-corrected chi connectivity index (χ4v) is 3.47. The van der Waals surface area contributed by atoms with Crippen molar-refractivity contribution < 1.29 is 4.79 Å². The molecule has 17 heavy (non-hydrogen) atoms. The zero-order valence-electron chi connectivity index (χ0n) is 11.5. The maximum atomic E-state index is 11.9. The van der Waals surface area contributed by atoms with Crippen LogP contribution in [0.4, 0.5) is 0 Å². The van der Waals surface area contributed by atoms with E-state index >= 15 is 0 Å². The first-order valence-electron chi connectivity index (χ1n) is 7.44. The normalized spacial score (nSPS) is 36.1. The fraction of sp³-hybridized carbons (Fsp3) is 0.933. The van der Waals surface area contributed by atoms with Gasteiger partial charge in [0.25, 0.3) is 0 Å². The molecule has 1 aliphatic heterocycles. The van der Waals surface area contributed by atoms with Gasteiger partial charge in [0.05, 0.1) is 0 Å². The summed E-state index contributed by atoms with van der Waals surface area (Å²) in [5.74, 6) is 2.50. The number of nitrogens with zero attached hydrogens (tertiary/aromatic N) is 1. The summed E-state index contributed by atoms with van der Waals surface area (Å²) in [4.78, 5) is 14.5. The van der Waals surface area contributed by atoms with Crippen LogP contribution in [0.15, 0.2) is 0 Å². The second-order valence-corrected chi connectivity index (χ2v) is 6.22. The first-order valence-corrected chi connectivity index (χ1v) is 7.44. The van der Waals surface area contributed by atoms with Crippen LogP contribution in [0.1, 0.15) is 52.4 Å². The zero-order chi connectivity index (χ0) is 12.3. The number of carbonyl (C=O) groups excluding carboxylic acids is 1. The molecule has 0 aromatic rings. The van der Waals surface area contributed by atoms with Crippen LogP contribution in [-0.2, 0) is 4.79 Å². The molecule has 2 rings (SSSR count). The monoisotopic (exact) mass is 237 g/mol. The summed E-state index contributed by atoms with van der Waals surface area (Å²) >= 11 is 0. The van der Waals surface area contributed by atoms with Gasteiger partial charge in [-0.1, -0.05) is 20.3 Å². The molecular weight excluding hydrogens is 210 g/mol. The summed E-state index contributed by atoms with van der Waals surface area (Å²) in [6.07, 6.45) is 7.10. The topological polar surface area (TPSA) is 20.3 Å². The predicted molar refractivity (Wildman–Crippen MR) is 71.0 cm³/mol. The third-order valence-corrected chi connectivity index (χ3v) is 4.68. The average molecular weight is 237 g/mol. The molecule has 0 spiro atoms. The van der Waals surface area contributed by atoms with Crippen LogP contribution in [0, 0.1) is 17.8 Å². The summed E-state index contributed by atoms with van der Waals surface area (Å²) < 4.78 is 0. The lowest BCUT2D eigenvalue weighted by atomic mass is 9.81. The molecule has 0 amide bonds. The van der Waals surface area contributed by atoms with Crippen molar-refractivity contribution in [2.75, 3.05) is 19.6 Å².